The van der Waals surface area contributed by atoms with Gasteiger partial charge in [0.15, 0.2) is 0 Å². The highest BCUT2D eigenvalue weighted by Gasteiger charge is 2.09. The number of pyridine rings is 1. The Morgan fingerprint density at radius 3 is 3.10 bits per heavy atom. The minimum absolute atomic E-state index is 0.202. The summed E-state index contributed by atoms with van der Waals surface area (Å²) in [6.07, 6.45) is 3.75. The van der Waals surface area contributed by atoms with Crippen LogP contribution in [0.4, 0.5) is 0 Å². The molecule has 0 aromatic carbocycles. The van der Waals surface area contributed by atoms with E-state index in [0.29, 0.717) is 24.1 Å². The first kappa shape index (κ1) is 15.2. The summed E-state index contributed by atoms with van der Waals surface area (Å²) in [6, 6.07) is 1.61. The maximum absolute atomic E-state index is 12.1. The number of carbonyl (C=O) groups excluding carboxylic acids is 1. The van der Waals surface area contributed by atoms with E-state index < -0.39 is 0 Å². The maximum Gasteiger partial charge on any atom is 0.252 e. The molecule has 2 heterocycles. The highest BCUT2D eigenvalue weighted by molar-refractivity contribution is 7.09. The summed E-state index contributed by atoms with van der Waals surface area (Å²) in [5.74, 6) is 5.04. The molecule has 2 N–H and O–H groups in total. The molecule has 2 aromatic rings. The number of aliphatic hydroxyl groups is 1. The third kappa shape index (κ3) is 4.38. The van der Waals surface area contributed by atoms with Gasteiger partial charge in [-0.2, -0.15) is 0 Å². The Labute approximate surface area is 127 Å². The number of hydrogen-bond acceptors (Lipinski definition) is 5. The van der Waals surface area contributed by atoms with E-state index in [1.807, 2.05) is 12.3 Å². The van der Waals surface area contributed by atoms with Gasteiger partial charge in [-0.15, -0.1) is 11.3 Å². The van der Waals surface area contributed by atoms with Crippen molar-refractivity contribution < 1.29 is 9.90 Å². The summed E-state index contributed by atoms with van der Waals surface area (Å²) in [5, 5.41) is 14.6. The lowest BCUT2D eigenvalue weighted by molar-refractivity contribution is 0.0953. The van der Waals surface area contributed by atoms with Gasteiger partial charge in [-0.25, -0.2) is 4.98 Å². The number of aliphatic hydroxyl groups excluding tert-OH is 1. The van der Waals surface area contributed by atoms with Crippen LogP contribution in [-0.2, 0) is 6.42 Å². The molecule has 0 aliphatic carbocycles. The quantitative estimate of drug-likeness (QED) is 0.831. The fourth-order valence-corrected chi connectivity index (χ4v) is 2.40. The molecule has 2 aromatic heterocycles. The number of carbonyl (C=O) groups is 1. The number of thiazole rings is 1. The molecule has 0 fully saturated rings. The van der Waals surface area contributed by atoms with Gasteiger partial charge >= 0.3 is 0 Å². The number of nitrogens with one attached hydrogen (secondary N) is 1. The number of nitrogens with zero attached hydrogens (tertiary/aromatic N) is 2. The van der Waals surface area contributed by atoms with Crippen molar-refractivity contribution in [3.05, 3.63) is 45.7 Å². The summed E-state index contributed by atoms with van der Waals surface area (Å²) in [7, 11) is 0. The van der Waals surface area contributed by atoms with Crippen molar-refractivity contribution in [2.24, 2.45) is 0 Å². The molecule has 0 saturated heterocycles. The van der Waals surface area contributed by atoms with Crippen molar-refractivity contribution in [3.63, 3.8) is 0 Å². The van der Waals surface area contributed by atoms with Gasteiger partial charge in [0, 0.05) is 30.7 Å². The van der Waals surface area contributed by atoms with Gasteiger partial charge in [-0.1, -0.05) is 11.8 Å². The first-order chi connectivity index (χ1) is 10.2. The minimum Gasteiger partial charge on any atom is -0.384 e. The zero-order valence-corrected chi connectivity index (χ0v) is 12.4. The average molecular weight is 301 g/mol. The Morgan fingerprint density at radius 2 is 2.38 bits per heavy atom. The fourth-order valence-electron chi connectivity index (χ4n) is 1.75. The van der Waals surface area contributed by atoms with Gasteiger partial charge in [0.2, 0.25) is 0 Å². The number of rotatable bonds is 4. The molecule has 0 unspecified atom stereocenters. The second-order valence-electron chi connectivity index (χ2n) is 4.24. The monoisotopic (exact) mass is 301 g/mol. The molecule has 21 heavy (non-hydrogen) atoms. The van der Waals surface area contributed by atoms with E-state index in [1.54, 1.807) is 23.6 Å². The predicted molar refractivity (Wildman–Crippen MR) is 81.1 cm³/mol. The van der Waals surface area contributed by atoms with Crippen molar-refractivity contribution in [3.8, 4) is 11.8 Å². The van der Waals surface area contributed by atoms with Crippen LogP contribution in [0.1, 0.15) is 26.6 Å². The van der Waals surface area contributed by atoms with Crippen LogP contribution >= 0.6 is 11.3 Å². The van der Waals surface area contributed by atoms with Gasteiger partial charge in [-0.3, -0.25) is 9.78 Å². The Bertz CT molecular complexity index is 685. The van der Waals surface area contributed by atoms with E-state index in [2.05, 4.69) is 27.1 Å². The first-order valence-corrected chi connectivity index (χ1v) is 7.31. The Hall–Kier alpha value is -2.23. The van der Waals surface area contributed by atoms with Crippen LogP contribution in [0.15, 0.2) is 23.8 Å². The molecule has 108 valence electrons. The van der Waals surface area contributed by atoms with E-state index in [4.69, 9.17) is 5.11 Å². The lowest BCUT2D eigenvalue weighted by Crippen LogP contribution is -2.26. The Balaban J connectivity index is 1.97. The number of hydrogen-bond donors (Lipinski definition) is 2. The van der Waals surface area contributed by atoms with Crippen molar-refractivity contribution in [1.82, 2.24) is 15.3 Å². The van der Waals surface area contributed by atoms with Crippen molar-refractivity contribution in [2.45, 2.75) is 13.3 Å². The Morgan fingerprint density at radius 1 is 1.52 bits per heavy atom. The number of amides is 1. The third-order valence-electron chi connectivity index (χ3n) is 2.70. The van der Waals surface area contributed by atoms with Gasteiger partial charge < -0.3 is 10.4 Å². The summed E-state index contributed by atoms with van der Waals surface area (Å²) < 4.78 is 0. The van der Waals surface area contributed by atoms with Crippen LogP contribution in [0, 0.1) is 18.8 Å². The van der Waals surface area contributed by atoms with Crippen LogP contribution in [0.25, 0.3) is 0 Å². The topological polar surface area (TPSA) is 75.1 Å². The van der Waals surface area contributed by atoms with Crippen molar-refractivity contribution in [2.75, 3.05) is 13.2 Å². The fraction of sp³-hybridized carbons (Fsp3) is 0.267. The third-order valence-corrected chi connectivity index (χ3v) is 3.52. The highest BCUT2D eigenvalue weighted by Crippen LogP contribution is 2.08. The van der Waals surface area contributed by atoms with Gasteiger partial charge in [0.25, 0.3) is 5.91 Å². The first-order valence-electron chi connectivity index (χ1n) is 6.43. The molecule has 0 aliphatic heterocycles. The van der Waals surface area contributed by atoms with Crippen molar-refractivity contribution in [1.29, 1.82) is 0 Å². The van der Waals surface area contributed by atoms with E-state index in [1.165, 1.54) is 6.20 Å². The average Bonchev–Trinajstić information content (AvgIpc) is 2.91. The molecule has 6 heteroatoms. The summed E-state index contributed by atoms with van der Waals surface area (Å²) in [5.41, 5.74) is 1.95. The SMILES string of the molecule is Cc1nc(CCNC(=O)c2ccncc2C#CCO)cs1. The molecule has 0 saturated carbocycles. The standard InChI is InChI=1S/C15H15N3O2S/c1-11-18-13(10-21-11)4-7-17-15(20)14-5-6-16-9-12(14)3-2-8-19/h5-6,9-10,19H,4,7-8H2,1H3,(H,17,20). The van der Waals surface area contributed by atoms with Crippen molar-refractivity contribution >= 4 is 17.2 Å². The number of aryl methyl sites for hydroxylation is 1. The zero-order valence-electron chi connectivity index (χ0n) is 11.6. The van der Waals surface area contributed by atoms with E-state index in [-0.39, 0.29) is 12.5 Å². The normalized spacial score (nSPS) is 9.81. The Kier molecular flexibility index (Phi) is 5.43. The molecular formula is C15H15N3O2S. The summed E-state index contributed by atoms with van der Waals surface area (Å²) >= 11 is 1.60. The van der Waals surface area contributed by atoms with Crippen LogP contribution < -0.4 is 5.32 Å². The van der Waals surface area contributed by atoms with Crippen LogP contribution in [0.3, 0.4) is 0 Å². The second-order valence-corrected chi connectivity index (χ2v) is 5.31. The molecule has 2 rings (SSSR count). The van der Waals surface area contributed by atoms with Gasteiger partial charge in [0.05, 0.1) is 21.8 Å². The van der Waals surface area contributed by atoms with Crippen LogP contribution in [0.5, 0.6) is 0 Å². The maximum atomic E-state index is 12.1. The zero-order chi connectivity index (χ0) is 15.1. The smallest absolute Gasteiger partial charge is 0.252 e. The second kappa shape index (κ2) is 7.53. The van der Waals surface area contributed by atoms with Gasteiger partial charge in [0.1, 0.15) is 6.61 Å². The molecule has 0 atom stereocenters. The molecule has 5 nitrogen and oxygen atoms in total. The van der Waals surface area contributed by atoms with E-state index in [9.17, 15) is 4.79 Å². The summed E-state index contributed by atoms with van der Waals surface area (Å²) in [6.45, 7) is 2.21. The molecular weight excluding hydrogens is 286 g/mol. The minimum atomic E-state index is -0.251. The largest absolute Gasteiger partial charge is 0.384 e. The van der Waals surface area contributed by atoms with E-state index in [0.717, 1.165) is 10.7 Å². The molecule has 0 radical (unpaired) electrons. The lowest BCUT2D eigenvalue weighted by Gasteiger charge is -2.05. The molecule has 1 amide bonds. The van der Waals surface area contributed by atoms with Crippen LogP contribution in [0.2, 0.25) is 0 Å². The molecule has 0 spiro atoms. The van der Waals surface area contributed by atoms with E-state index >= 15 is 0 Å². The lowest BCUT2D eigenvalue weighted by atomic mass is 10.1. The van der Waals surface area contributed by atoms with Gasteiger partial charge in [-0.05, 0) is 13.0 Å². The summed E-state index contributed by atoms with van der Waals surface area (Å²) in [4.78, 5) is 20.4. The molecule has 0 aliphatic rings. The molecule has 0 bridgehead atoms. The predicted octanol–water partition coefficient (Wildman–Crippen LogP) is 1.16. The highest BCUT2D eigenvalue weighted by atomic mass is 32.1. The number of aromatic nitrogens is 2. The van der Waals surface area contributed by atoms with Crippen LogP contribution in [-0.4, -0.2) is 34.1 Å².